The Morgan fingerprint density at radius 2 is 1.69 bits per heavy atom. The first-order valence-corrected chi connectivity index (χ1v) is 11.7. The molecule has 1 radical (unpaired) electrons. The van der Waals surface area contributed by atoms with E-state index in [9.17, 15) is 4.79 Å². The number of primary amides is 1. The molecule has 0 aliphatic heterocycles. The van der Waals surface area contributed by atoms with Crippen LogP contribution in [0.2, 0.25) is 10.0 Å². The molecule has 32 heavy (non-hydrogen) atoms. The van der Waals surface area contributed by atoms with Gasteiger partial charge >= 0.3 is 0 Å². The molecule has 0 unspecified atom stereocenters. The van der Waals surface area contributed by atoms with Gasteiger partial charge in [-0.05, 0) is 82.2 Å². The second-order valence-electron chi connectivity index (χ2n) is 7.49. The molecular formula is C26H16Cl2IN2O. The third kappa shape index (κ3) is 3.56. The van der Waals surface area contributed by atoms with E-state index < -0.39 is 5.91 Å². The molecule has 0 spiro atoms. The second kappa shape index (κ2) is 8.43. The summed E-state index contributed by atoms with van der Waals surface area (Å²) in [7, 11) is 0. The number of benzene rings is 4. The summed E-state index contributed by atoms with van der Waals surface area (Å²) >= 11 is 15.3. The zero-order valence-corrected chi connectivity index (χ0v) is 20.4. The van der Waals surface area contributed by atoms with Crippen LogP contribution in [0.1, 0.15) is 15.9 Å². The van der Waals surface area contributed by atoms with E-state index in [0.717, 1.165) is 32.9 Å². The van der Waals surface area contributed by atoms with Gasteiger partial charge in [-0.15, -0.1) is 0 Å². The smallest absolute Gasteiger partial charge is 0.249 e. The molecule has 0 atom stereocenters. The van der Waals surface area contributed by atoms with E-state index in [2.05, 4.69) is 51.4 Å². The Morgan fingerprint density at radius 3 is 2.41 bits per heavy atom. The van der Waals surface area contributed by atoms with E-state index >= 15 is 0 Å². The Labute approximate surface area is 208 Å². The minimum absolute atomic E-state index is 0.462. The van der Waals surface area contributed by atoms with Crippen LogP contribution in [-0.2, 0) is 6.54 Å². The summed E-state index contributed by atoms with van der Waals surface area (Å²) in [6.45, 7) is 0.634. The Bertz CT molecular complexity index is 1500. The van der Waals surface area contributed by atoms with E-state index in [-0.39, 0.29) is 0 Å². The number of rotatable bonds is 4. The van der Waals surface area contributed by atoms with Gasteiger partial charge in [-0.25, -0.2) is 0 Å². The first-order chi connectivity index (χ1) is 15.5. The molecule has 0 aliphatic rings. The van der Waals surface area contributed by atoms with E-state index in [4.69, 9.17) is 28.9 Å². The van der Waals surface area contributed by atoms with Gasteiger partial charge in [0.05, 0.1) is 11.0 Å². The van der Waals surface area contributed by atoms with Gasteiger partial charge in [-0.2, -0.15) is 0 Å². The van der Waals surface area contributed by atoms with Crippen LogP contribution in [0.4, 0.5) is 0 Å². The minimum Gasteiger partial charge on any atom is -0.366 e. The zero-order chi connectivity index (χ0) is 22.4. The first-order valence-electron chi connectivity index (χ1n) is 9.90. The molecule has 6 heteroatoms. The third-order valence-electron chi connectivity index (χ3n) is 5.60. The summed E-state index contributed by atoms with van der Waals surface area (Å²) in [5, 5.41) is 2.79. The van der Waals surface area contributed by atoms with E-state index in [1.165, 1.54) is 9.13 Å². The lowest BCUT2D eigenvalue weighted by atomic mass is 10.0. The van der Waals surface area contributed by atoms with E-state index in [1.54, 1.807) is 6.07 Å². The average molecular weight is 570 g/mol. The highest BCUT2D eigenvalue weighted by Crippen LogP contribution is 2.39. The Hall–Kier alpha value is -2.54. The lowest BCUT2D eigenvalue weighted by molar-refractivity contribution is 0.100. The number of nitrogens with two attached hydrogens (primary N) is 1. The number of hydrogen-bond acceptors (Lipinski definition) is 1. The summed E-state index contributed by atoms with van der Waals surface area (Å²) in [4.78, 5) is 12.2. The Morgan fingerprint density at radius 1 is 0.969 bits per heavy atom. The molecule has 5 rings (SSSR count). The number of fused-ring (bicyclic) bond motifs is 3. The number of nitrogens with zero attached hydrogens (tertiary/aromatic N) is 1. The highest BCUT2D eigenvalue weighted by Gasteiger charge is 2.19. The van der Waals surface area contributed by atoms with Gasteiger partial charge in [-0.1, -0.05) is 53.5 Å². The fraction of sp³-hybridized carbons (Fsp3) is 0.0385. The molecular weight excluding hydrogens is 554 g/mol. The lowest BCUT2D eigenvalue weighted by Gasteiger charge is -2.11. The molecule has 1 aromatic heterocycles. The summed E-state index contributed by atoms with van der Waals surface area (Å²) in [6.07, 6.45) is 0. The fourth-order valence-corrected chi connectivity index (χ4v) is 5.32. The minimum atomic E-state index is -0.462. The monoisotopic (exact) mass is 569 g/mol. The molecule has 0 fully saturated rings. The highest BCUT2D eigenvalue weighted by atomic mass is 127. The molecule has 0 aliphatic carbocycles. The van der Waals surface area contributed by atoms with Gasteiger partial charge < -0.3 is 10.3 Å². The fourth-order valence-electron chi connectivity index (χ4n) is 4.15. The molecule has 0 saturated carbocycles. The quantitative estimate of drug-likeness (QED) is 0.226. The Kier molecular flexibility index (Phi) is 5.61. The molecule has 5 aromatic rings. The lowest BCUT2D eigenvalue weighted by Crippen LogP contribution is -2.11. The normalized spacial score (nSPS) is 11.3. The molecule has 2 N–H and O–H groups in total. The van der Waals surface area contributed by atoms with E-state index in [1.807, 2.05) is 48.5 Å². The van der Waals surface area contributed by atoms with Crippen molar-refractivity contribution in [1.29, 1.82) is 0 Å². The number of carbonyl (C=O) groups is 1. The number of amides is 1. The summed E-state index contributed by atoms with van der Waals surface area (Å²) < 4.78 is 3.36. The number of carbonyl (C=O) groups excluding carboxylic acids is 1. The average Bonchev–Trinajstić information content (AvgIpc) is 3.08. The van der Waals surface area contributed by atoms with Gasteiger partial charge in [0.25, 0.3) is 0 Å². The van der Waals surface area contributed by atoms with Crippen LogP contribution in [0, 0.1) is 9.64 Å². The molecule has 157 valence electrons. The third-order valence-corrected chi connectivity index (χ3v) is 7.28. The van der Waals surface area contributed by atoms with Crippen molar-refractivity contribution < 1.29 is 4.79 Å². The molecule has 4 aromatic carbocycles. The van der Waals surface area contributed by atoms with Gasteiger partial charge in [0.15, 0.2) is 0 Å². The molecule has 0 bridgehead atoms. The zero-order valence-electron chi connectivity index (χ0n) is 16.7. The number of aromatic nitrogens is 1. The number of hydrogen-bond donors (Lipinski definition) is 1. The van der Waals surface area contributed by atoms with Crippen molar-refractivity contribution in [3.05, 3.63) is 104 Å². The SMILES string of the molecule is NC(=O)c1cccc2c1c1[c]cc(-c3c(Cl)cccc3Cl)cc1n2Cc1ccccc1I. The second-order valence-corrected chi connectivity index (χ2v) is 9.46. The first kappa shape index (κ1) is 21.3. The van der Waals surface area contributed by atoms with Crippen LogP contribution in [0.3, 0.4) is 0 Å². The van der Waals surface area contributed by atoms with Crippen molar-refractivity contribution >= 4 is 73.5 Å². The van der Waals surface area contributed by atoms with Crippen molar-refractivity contribution in [3.8, 4) is 11.1 Å². The number of halogens is 3. The van der Waals surface area contributed by atoms with Crippen LogP contribution < -0.4 is 5.73 Å². The predicted molar refractivity (Wildman–Crippen MR) is 141 cm³/mol. The van der Waals surface area contributed by atoms with Gasteiger partial charge in [0.1, 0.15) is 0 Å². The molecule has 3 nitrogen and oxygen atoms in total. The molecule has 0 saturated heterocycles. The molecule has 1 amide bonds. The standard InChI is InChI=1S/C26H16Cl2IN2O/c27-19-7-4-8-20(28)24(19)15-11-12-17-23(13-15)31(14-16-5-1-2-9-21(16)29)22-10-3-6-18(25(17)22)26(30)32/h1-11,13H,14H2,(H2,30,32). The molecule has 1 heterocycles. The summed E-state index contributed by atoms with van der Waals surface area (Å²) in [5.74, 6) is -0.462. The van der Waals surface area contributed by atoms with Crippen molar-refractivity contribution in [1.82, 2.24) is 4.57 Å². The Balaban J connectivity index is 1.85. The van der Waals surface area contributed by atoms with Crippen molar-refractivity contribution in [2.24, 2.45) is 5.73 Å². The topological polar surface area (TPSA) is 48.0 Å². The van der Waals surface area contributed by atoms with Crippen LogP contribution in [-0.4, -0.2) is 10.5 Å². The van der Waals surface area contributed by atoms with Crippen molar-refractivity contribution in [3.63, 3.8) is 0 Å². The van der Waals surface area contributed by atoms with Crippen LogP contribution in [0.5, 0.6) is 0 Å². The maximum Gasteiger partial charge on any atom is 0.249 e. The summed E-state index contributed by atoms with van der Waals surface area (Å²) in [6, 6.07) is 26.6. The maximum absolute atomic E-state index is 12.2. The summed E-state index contributed by atoms with van der Waals surface area (Å²) in [5.41, 5.74) is 10.9. The van der Waals surface area contributed by atoms with Crippen molar-refractivity contribution in [2.75, 3.05) is 0 Å². The largest absolute Gasteiger partial charge is 0.366 e. The van der Waals surface area contributed by atoms with Gasteiger partial charge in [0.2, 0.25) is 5.91 Å². The van der Waals surface area contributed by atoms with E-state index in [0.29, 0.717) is 22.2 Å². The predicted octanol–water partition coefficient (Wildman–Crippen LogP) is 7.32. The van der Waals surface area contributed by atoms with Crippen molar-refractivity contribution in [2.45, 2.75) is 6.54 Å². The van der Waals surface area contributed by atoms with Crippen LogP contribution in [0.15, 0.2) is 72.8 Å². The van der Waals surface area contributed by atoms with Gasteiger partial charge in [0, 0.05) is 42.1 Å². The highest BCUT2D eigenvalue weighted by molar-refractivity contribution is 14.1. The van der Waals surface area contributed by atoms with Crippen LogP contribution >= 0.6 is 45.8 Å². The van der Waals surface area contributed by atoms with Gasteiger partial charge in [-0.3, -0.25) is 4.79 Å². The van der Waals surface area contributed by atoms with Crippen LogP contribution in [0.25, 0.3) is 32.9 Å². The maximum atomic E-state index is 12.2.